The number of methoxy groups -OCH3 is 1. The summed E-state index contributed by atoms with van der Waals surface area (Å²) in [4.78, 5) is 0. The normalized spacial score (nSPS) is 10.7. The molecule has 23 heavy (non-hydrogen) atoms. The molecule has 0 saturated carbocycles. The minimum Gasteiger partial charge on any atom is -0.497 e. The number of unbranched alkanes of at least 4 members (excludes halogenated alkanes) is 1. The Morgan fingerprint density at radius 2 is 1.39 bits per heavy atom. The summed E-state index contributed by atoms with van der Waals surface area (Å²) in [6.07, 6.45) is 2.24. The SMILES string of the molecule is CCCCOc1ccc2cc(-c3ccc(OC)cc3)ccc2c1. The molecule has 0 fully saturated rings. The lowest BCUT2D eigenvalue weighted by molar-refractivity contribution is 0.310. The summed E-state index contributed by atoms with van der Waals surface area (Å²) < 4.78 is 11.0. The van der Waals surface area contributed by atoms with E-state index >= 15 is 0 Å². The van der Waals surface area contributed by atoms with E-state index in [1.807, 2.05) is 12.1 Å². The quantitative estimate of drug-likeness (QED) is 0.544. The zero-order valence-corrected chi connectivity index (χ0v) is 13.7. The summed E-state index contributed by atoms with van der Waals surface area (Å²) >= 11 is 0. The summed E-state index contributed by atoms with van der Waals surface area (Å²) in [5.41, 5.74) is 2.40. The Hall–Kier alpha value is -2.48. The minimum absolute atomic E-state index is 0.784. The summed E-state index contributed by atoms with van der Waals surface area (Å²) in [5.74, 6) is 1.83. The van der Waals surface area contributed by atoms with Gasteiger partial charge in [-0.3, -0.25) is 0 Å². The Kier molecular flexibility index (Phi) is 4.82. The van der Waals surface area contributed by atoms with Gasteiger partial charge in [0.2, 0.25) is 0 Å². The van der Waals surface area contributed by atoms with E-state index in [0.29, 0.717) is 0 Å². The van der Waals surface area contributed by atoms with E-state index in [0.717, 1.165) is 30.9 Å². The molecule has 0 aliphatic carbocycles. The molecule has 0 heterocycles. The van der Waals surface area contributed by atoms with Crippen molar-refractivity contribution < 1.29 is 9.47 Å². The van der Waals surface area contributed by atoms with Crippen LogP contribution in [0.4, 0.5) is 0 Å². The monoisotopic (exact) mass is 306 g/mol. The smallest absolute Gasteiger partial charge is 0.119 e. The van der Waals surface area contributed by atoms with Gasteiger partial charge in [-0.05, 0) is 58.7 Å². The maximum atomic E-state index is 5.78. The molecule has 2 heteroatoms. The van der Waals surface area contributed by atoms with Crippen molar-refractivity contribution in [2.45, 2.75) is 19.8 Å². The fraction of sp³-hybridized carbons (Fsp3) is 0.238. The molecule has 0 radical (unpaired) electrons. The molecule has 0 aliphatic heterocycles. The number of ether oxygens (including phenoxy) is 2. The van der Waals surface area contributed by atoms with Crippen molar-refractivity contribution >= 4 is 10.8 Å². The molecule has 0 amide bonds. The van der Waals surface area contributed by atoms with E-state index in [1.165, 1.54) is 21.9 Å². The molecule has 118 valence electrons. The number of benzene rings is 3. The van der Waals surface area contributed by atoms with E-state index in [9.17, 15) is 0 Å². The molecule has 3 aromatic rings. The topological polar surface area (TPSA) is 18.5 Å². The van der Waals surface area contributed by atoms with Gasteiger partial charge in [0.15, 0.2) is 0 Å². The van der Waals surface area contributed by atoms with E-state index in [2.05, 4.69) is 55.5 Å². The third-order valence-corrected chi connectivity index (χ3v) is 4.00. The fourth-order valence-corrected chi connectivity index (χ4v) is 2.61. The first-order valence-electron chi connectivity index (χ1n) is 8.11. The van der Waals surface area contributed by atoms with E-state index in [1.54, 1.807) is 7.11 Å². The highest BCUT2D eigenvalue weighted by atomic mass is 16.5. The Morgan fingerprint density at radius 1 is 0.739 bits per heavy atom. The Balaban J connectivity index is 1.85. The lowest BCUT2D eigenvalue weighted by Gasteiger charge is -2.08. The van der Waals surface area contributed by atoms with Gasteiger partial charge in [0, 0.05) is 0 Å². The highest BCUT2D eigenvalue weighted by Crippen LogP contribution is 2.28. The van der Waals surface area contributed by atoms with Crippen molar-refractivity contribution in [1.29, 1.82) is 0 Å². The maximum absolute atomic E-state index is 5.78. The number of rotatable bonds is 6. The van der Waals surface area contributed by atoms with Gasteiger partial charge in [-0.1, -0.05) is 43.7 Å². The molecule has 0 saturated heterocycles. The van der Waals surface area contributed by atoms with Crippen molar-refractivity contribution in [3.63, 3.8) is 0 Å². The first kappa shape index (κ1) is 15.4. The van der Waals surface area contributed by atoms with Crippen molar-refractivity contribution in [2.24, 2.45) is 0 Å². The first-order chi connectivity index (χ1) is 11.3. The van der Waals surface area contributed by atoms with E-state index in [4.69, 9.17) is 9.47 Å². The van der Waals surface area contributed by atoms with Crippen LogP contribution in [0.15, 0.2) is 60.7 Å². The van der Waals surface area contributed by atoms with Crippen LogP contribution in [-0.4, -0.2) is 13.7 Å². The summed E-state index contributed by atoms with van der Waals surface area (Å²) in [6.45, 7) is 2.95. The minimum atomic E-state index is 0.784. The Bertz CT molecular complexity index is 775. The van der Waals surface area contributed by atoms with Gasteiger partial charge in [-0.25, -0.2) is 0 Å². The summed E-state index contributed by atoms with van der Waals surface area (Å²) in [7, 11) is 1.69. The van der Waals surface area contributed by atoms with Crippen LogP contribution in [0, 0.1) is 0 Å². The van der Waals surface area contributed by atoms with Crippen LogP contribution in [0.5, 0.6) is 11.5 Å². The number of fused-ring (bicyclic) bond motifs is 1. The molecular weight excluding hydrogens is 284 g/mol. The van der Waals surface area contributed by atoms with Crippen LogP contribution in [0.25, 0.3) is 21.9 Å². The molecule has 3 aromatic carbocycles. The molecular formula is C21H22O2. The number of hydrogen-bond donors (Lipinski definition) is 0. The van der Waals surface area contributed by atoms with Crippen molar-refractivity contribution in [2.75, 3.05) is 13.7 Å². The maximum Gasteiger partial charge on any atom is 0.119 e. The van der Waals surface area contributed by atoms with E-state index < -0.39 is 0 Å². The molecule has 0 N–H and O–H groups in total. The molecule has 0 atom stereocenters. The second-order valence-electron chi connectivity index (χ2n) is 5.65. The standard InChI is InChI=1S/C21H22O2/c1-3-4-13-23-21-12-9-18-14-17(5-6-19(18)15-21)16-7-10-20(22-2)11-8-16/h5-12,14-15H,3-4,13H2,1-2H3. The third-order valence-electron chi connectivity index (χ3n) is 4.00. The van der Waals surface area contributed by atoms with Crippen LogP contribution in [0.1, 0.15) is 19.8 Å². The highest BCUT2D eigenvalue weighted by Gasteiger charge is 2.02. The zero-order valence-electron chi connectivity index (χ0n) is 13.7. The average molecular weight is 306 g/mol. The van der Waals surface area contributed by atoms with Crippen LogP contribution in [0.2, 0.25) is 0 Å². The van der Waals surface area contributed by atoms with Crippen molar-refractivity contribution in [3.05, 3.63) is 60.7 Å². The molecule has 2 nitrogen and oxygen atoms in total. The van der Waals surface area contributed by atoms with Crippen LogP contribution >= 0.6 is 0 Å². The second-order valence-corrected chi connectivity index (χ2v) is 5.65. The van der Waals surface area contributed by atoms with Gasteiger partial charge in [-0.15, -0.1) is 0 Å². The predicted molar refractivity (Wildman–Crippen MR) is 96.3 cm³/mol. The molecule has 0 aliphatic rings. The lowest BCUT2D eigenvalue weighted by atomic mass is 10.0. The van der Waals surface area contributed by atoms with Crippen LogP contribution < -0.4 is 9.47 Å². The number of hydrogen-bond acceptors (Lipinski definition) is 2. The van der Waals surface area contributed by atoms with Gasteiger partial charge in [0.1, 0.15) is 11.5 Å². The van der Waals surface area contributed by atoms with E-state index in [-0.39, 0.29) is 0 Å². The average Bonchev–Trinajstić information content (AvgIpc) is 2.61. The second kappa shape index (κ2) is 7.19. The summed E-state index contributed by atoms with van der Waals surface area (Å²) in [5, 5.41) is 2.43. The van der Waals surface area contributed by atoms with Crippen molar-refractivity contribution in [3.8, 4) is 22.6 Å². The third kappa shape index (κ3) is 3.65. The van der Waals surface area contributed by atoms with Gasteiger partial charge < -0.3 is 9.47 Å². The van der Waals surface area contributed by atoms with Gasteiger partial charge in [-0.2, -0.15) is 0 Å². The largest absolute Gasteiger partial charge is 0.497 e. The predicted octanol–water partition coefficient (Wildman–Crippen LogP) is 5.69. The van der Waals surface area contributed by atoms with Gasteiger partial charge in [0.25, 0.3) is 0 Å². The Labute approximate surface area is 137 Å². The van der Waals surface area contributed by atoms with Crippen LogP contribution in [0.3, 0.4) is 0 Å². The molecule has 3 rings (SSSR count). The van der Waals surface area contributed by atoms with Crippen molar-refractivity contribution in [1.82, 2.24) is 0 Å². The lowest BCUT2D eigenvalue weighted by Crippen LogP contribution is -1.96. The highest BCUT2D eigenvalue weighted by molar-refractivity contribution is 5.88. The van der Waals surface area contributed by atoms with Gasteiger partial charge >= 0.3 is 0 Å². The first-order valence-corrected chi connectivity index (χ1v) is 8.11. The molecule has 0 unspecified atom stereocenters. The fourth-order valence-electron chi connectivity index (χ4n) is 2.61. The Morgan fingerprint density at radius 3 is 2.13 bits per heavy atom. The molecule has 0 bridgehead atoms. The van der Waals surface area contributed by atoms with Crippen LogP contribution in [-0.2, 0) is 0 Å². The molecule has 0 aromatic heterocycles. The summed E-state index contributed by atoms with van der Waals surface area (Å²) in [6, 6.07) is 21.0. The zero-order chi connectivity index (χ0) is 16.1. The van der Waals surface area contributed by atoms with Gasteiger partial charge in [0.05, 0.1) is 13.7 Å². The molecule has 0 spiro atoms.